The van der Waals surface area contributed by atoms with E-state index in [1.807, 2.05) is 11.6 Å². The smallest absolute Gasteiger partial charge is 0.161 e. The van der Waals surface area contributed by atoms with Gasteiger partial charge in [0.1, 0.15) is 0 Å². The molecule has 0 saturated heterocycles. The first-order valence-electron chi connectivity index (χ1n) is 4.75. The fourth-order valence-corrected chi connectivity index (χ4v) is 1.73. The molecule has 14 heavy (non-hydrogen) atoms. The summed E-state index contributed by atoms with van der Waals surface area (Å²) in [5.41, 5.74) is 0. The van der Waals surface area contributed by atoms with Crippen molar-refractivity contribution >= 4 is 11.8 Å². The summed E-state index contributed by atoms with van der Waals surface area (Å²) in [5, 5.41) is 20.6. The second kappa shape index (κ2) is 5.98. The van der Waals surface area contributed by atoms with Gasteiger partial charge >= 0.3 is 0 Å². The maximum absolute atomic E-state index is 8.86. The van der Waals surface area contributed by atoms with Crippen LogP contribution in [0, 0.1) is 0 Å². The van der Waals surface area contributed by atoms with Crippen molar-refractivity contribution in [1.29, 1.82) is 0 Å². The predicted octanol–water partition coefficient (Wildman–Crippen LogP) is 0.697. The van der Waals surface area contributed by atoms with Gasteiger partial charge in [-0.2, -0.15) is 0 Å². The maximum Gasteiger partial charge on any atom is 0.161 e. The Labute approximate surface area is 87.9 Å². The quantitative estimate of drug-likeness (QED) is 0.758. The minimum atomic E-state index is 0.194. The van der Waals surface area contributed by atoms with Crippen LogP contribution in [0.25, 0.3) is 0 Å². The van der Waals surface area contributed by atoms with Gasteiger partial charge in [-0.3, -0.25) is 0 Å². The van der Waals surface area contributed by atoms with E-state index in [4.69, 9.17) is 5.11 Å². The molecule has 1 N–H and O–H groups in total. The van der Waals surface area contributed by atoms with Crippen LogP contribution < -0.4 is 0 Å². The summed E-state index contributed by atoms with van der Waals surface area (Å²) < 4.78 is 1.82. The van der Waals surface area contributed by atoms with Gasteiger partial charge in [-0.05, 0) is 16.8 Å². The van der Waals surface area contributed by atoms with Crippen molar-refractivity contribution in [1.82, 2.24) is 20.2 Å². The van der Waals surface area contributed by atoms with Crippen molar-refractivity contribution in [3.05, 3.63) is 5.82 Å². The van der Waals surface area contributed by atoms with E-state index in [0.717, 1.165) is 24.5 Å². The zero-order valence-corrected chi connectivity index (χ0v) is 9.37. The Bertz CT molecular complexity index is 266. The van der Waals surface area contributed by atoms with Crippen LogP contribution >= 0.6 is 11.8 Å². The van der Waals surface area contributed by atoms with E-state index >= 15 is 0 Å². The highest BCUT2D eigenvalue weighted by Gasteiger charge is 2.07. The van der Waals surface area contributed by atoms with Gasteiger partial charge < -0.3 is 5.11 Å². The number of aliphatic hydroxyl groups is 1. The normalized spacial score (nSPS) is 13.1. The predicted molar refractivity (Wildman–Crippen MR) is 56.0 cm³/mol. The molecule has 1 atom stereocenters. The van der Waals surface area contributed by atoms with Gasteiger partial charge in [-0.25, -0.2) is 4.68 Å². The number of aryl methyl sites for hydroxylation is 1. The summed E-state index contributed by atoms with van der Waals surface area (Å²) in [6, 6.07) is 0. The van der Waals surface area contributed by atoms with Gasteiger partial charge in [0.05, 0.1) is 12.4 Å². The molecule has 0 aliphatic carbocycles. The monoisotopic (exact) mass is 216 g/mol. The van der Waals surface area contributed by atoms with Crippen LogP contribution in [-0.4, -0.2) is 37.2 Å². The molecular formula is C8H16N4OS. The Morgan fingerprint density at radius 2 is 2.36 bits per heavy atom. The van der Waals surface area contributed by atoms with Gasteiger partial charge in [0.25, 0.3) is 0 Å². The third kappa shape index (κ3) is 3.26. The summed E-state index contributed by atoms with van der Waals surface area (Å²) in [5.74, 6) is 1.64. The molecule has 0 aliphatic rings. The number of thioether (sulfide) groups is 1. The van der Waals surface area contributed by atoms with Crippen LogP contribution in [0.4, 0.5) is 0 Å². The van der Waals surface area contributed by atoms with Crippen LogP contribution in [0.1, 0.15) is 26.1 Å². The highest BCUT2D eigenvalue weighted by atomic mass is 32.2. The summed E-state index contributed by atoms with van der Waals surface area (Å²) in [6.45, 7) is 5.13. The fourth-order valence-electron chi connectivity index (χ4n) is 0.982. The van der Waals surface area contributed by atoms with Crippen molar-refractivity contribution < 1.29 is 5.11 Å². The van der Waals surface area contributed by atoms with Crippen molar-refractivity contribution in [2.75, 3.05) is 6.61 Å². The first-order chi connectivity index (χ1) is 6.77. The second-order valence-electron chi connectivity index (χ2n) is 3.12. The molecule has 1 unspecified atom stereocenters. The summed E-state index contributed by atoms with van der Waals surface area (Å²) >= 11 is 1.66. The summed E-state index contributed by atoms with van der Waals surface area (Å²) in [7, 11) is 0. The van der Waals surface area contributed by atoms with Crippen LogP contribution in [0.2, 0.25) is 0 Å². The van der Waals surface area contributed by atoms with E-state index < -0.39 is 0 Å². The number of nitrogens with zero attached hydrogens (tertiary/aromatic N) is 4. The fraction of sp³-hybridized carbons (Fsp3) is 0.875. The number of aliphatic hydroxyl groups excluding tert-OH is 1. The molecule has 6 heteroatoms. The minimum absolute atomic E-state index is 0.194. The third-order valence-electron chi connectivity index (χ3n) is 1.80. The lowest BCUT2D eigenvalue weighted by Crippen LogP contribution is -2.07. The zero-order chi connectivity index (χ0) is 10.4. The number of hydrogen-bond donors (Lipinski definition) is 1. The van der Waals surface area contributed by atoms with Gasteiger partial charge in [0.2, 0.25) is 0 Å². The molecule has 0 spiro atoms. The van der Waals surface area contributed by atoms with Gasteiger partial charge in [0.15, 0.2) is 5.82 Å². The van der Waals surface area contributed by atoms with Crippen LogP contribution in [0.3, 0.4) is 0 Å². The van der Waals surface area contributed by atoms with E-state index in [-0.39, 0.29) is 11.9 Å². The minimum Gasteiger partial charge on any atom is -0.395 e. The standard InChI is InChI=1S/C8H16N4OS/c1-3-4-12-8(9-10-11-12)6-14-7(2)5-13/h7,13H,3-6H2,1-2H3. The van der Waals surface area contributed by atoms with Crippen LogP contribution in [0.5, 0.6) is 0 Å². The molecule has 0 aliphatic heterocycles. The molecule has 1 heterocycles. The SMILES string of the molecule is CCCn1nnnc1CSC(C)CO. The lowest BCUT2D eigenvalue weighted by atomic mass is 10.5. The topological polar surface area (TPSA) is 63.8 Å². The van der Waals surface area contributed by atoms with E-state index in [1.165, 1.54) is 0 Å². The van der Waals surface area contributed by atoms with E-state index in [0.29, 0.717) is 0 Å². The lowest BCUT2D eigenvalue weighted by molar-refractivity contribution is 0.300. The number of aromatic nitrogens is 4. The van der Waals surface area contributed by atoms with Crippen molar-refractivity contribution in [3.8, 4) is 0 Å². The molecule has 1 aromatic rings. The molecular weight excluding hydrogens is 200 g/mol. The Morgan fingerprint density at radius 3 is 3.00 bits per heavy atom. The second-order valence-corrected chi connectivity index (χ2v) is 4.55. The van der Waals surface area contributed by atoms with E-state index in [9.17, 15) is 0 Å². The number of hydrogen-bond acceptors (Lipinski definition) is 5. The number of rotatable bonds is 6. The molecule has 0 amide bonds. The molecule has 0 fully saturated rings. The molecule has 1 rings (SSSR count). The molecule has 0 aromatic carbocycles. The molecule has 0 saturated carbocycles. The largest absolute Gasteiger partial charge is 0.395 e. The maximum atomic E-state index is 8.86. The van der Waals surface area contributed by atoms with E-state index in [2.05, 4.69) is 22.4 Å². The average Bonchev–Trinajstić information content (AvgIpc) is 2.62. The Morgan fingerprint density at radius 1 is 1.57 bits per heavy atom. The zero-order valence-electron chi connectivity index (χ0n) is 8.55. The molecule has 1 aromatic heterocycles. The first kappa shape index (κ1) is 11.5. The number of tetrazole rings is 1. The van der Waals surface area contributed by atoms with Gasteiger partial charge in [-0.1, -0.05) is 13.8 Å². The van der Waals surface area contributed by atoms with Crippen LogP contribution in [0.15, 0.2) is 0 Å². The van der Waals surface area contributed by atoms with Crippen molar-refractivity contribution in [2.45, 2.75) is 37.8 Å². The third-order valence-corrected chi connectivity index (χ3v) is 2.94. The summed E-state index contributed by atoms with van der Waals surface area (Å²) in [4.78, 5) is 0. The van der Waals surface area contributed by atoms with Crippen LogP contribution in [-0.2, 0) is 12.3 Å². The molecule has 0 radical (unpaired) electrons. The highest BCUT2D eigenvalue weighted by Crippen LogP contribution is 2.14. The highest BCUT2D eigenvalue weighted by molar-refractivity contribution is 7.99. The van der Waals surface area contributed by atoms with Crippen molar-refractivity contribution in [3.63, 3.8) is 0 Å². The Hall–Kier alpha value is -0.620. The van der Waals surface area contributed by atoms with Gasteiger partial charge in [-0.15, -0.1) is 16.9 Å². The molecule has 5 nitrogen and oxygen atoms in total. The Kier molecular flexibility index (Phi) is 4.89. The van der Waals surface area contributed by atoms with E-state index in [1.54, 1.807) is 11.8 Å². The molecule has 0 bridgehead atoms. The van der Waals surface area contributed by atoms with Gasteiger partial charge in [0, 0.05) is 11.8 Å². The summed E-state index contributed by atoms with van der Waals surface area (Å²) in [6.07, 6.45) is 1.03. The first-order valence-corrected chi connectivity index (χ1v) is 5.80. The average molecular weight is 216 g/mol. The van der Waals surface area contributed by atoms with Crippen molar-refractivity contribution in [2.24, 2.45) is 0 Å². The Balaban J connectivity index is 2.45. The lowest BCUT2D eigenvalue weighted by Gasteiger charge is -2.06. The molecule has 80 valence electrons.